The minimum atomic E-state index is 0.246. The second-order valence-corrected chi connectivity index (χ2v) is 6.11. The fraction of sp³-hybridized carbons (Fsp3) is 0.412. The van der Waals surface area contributed by atoms with Crippen LogP contribution in [-0.4, -0.2) is 31.9 Å². The van der Waals surface area contributed by atoms with E-state index in [9.17, 15) is 0 Å². The first-order valence-electron chi connectivity index (χ1n) is 8.05. The van der Waals surface area contributed by atoms with Crippen molar-refractivity contribution in [3.8, 4) is 5.69 Å². The van der Waals surface area contributed by atoms with Gasteiger partial charge in [-0.25, -0.2) is 4.68 Å². The minimum Gasteiger partial charge on any atom is -0.361 e. The van der Waals surface area contributed by atoms with Crippen LogP contribution < -0.4 is 5.32 Å². The standard InChI is InChI=1S/C17H22N6O/c1-11(17-13(3)20-24-14(17)4)9-18-12(2)15-5-7-16(8-6-15)23-10-19-21-22-23/h5-8,10-12,18H,9H2,1-4H3/t11-,12+/m1/s1. The number of hydrogen-bond donors (Lipinski definition) is 1. The van der Waals surface area contributed by atoms with E-state index in [2.05, 4.69) is 52.0 Å². The SMILES string of the molecule is Cc1noc(C)c1[C@H](C)CN[C@@H](C)c1ccc(-n2cnnn2)cc1. The Labute approximate surface area is 141 Å². The summed E-state index contributed by atoms with van der Waals surface area (Å²) in [6.45, 7) is 9.16. The maximum absolute atomic E-state index is 5.26. The van der Waals surface area contributed by atoms with Crippen LogP contribution in [0.25, 0.3) is 5.69 Å². The van der Waals surface area contributed by atoms with Gasteiger partial charge in [-0.2, -0.15) is 0 Å². The number of aromatic nitrogens is 5. The van der Waals surface area contributed by atoms with E-state index in [1.54, 1.807) is 11.0 Å². The second kappa shape index (κ2) is 6.92. The Kier molecular flexibility index (Phi) is 4.71. The molecule has 0 spiro atoms. The minimum absolute atomic E-state index is 0.246. The van der Waals surface area contributed by atoms with Gasteiger partial charge in [-0.15, -0.1) is 5.10 Å². The first kappa shape index (κ1) is 16.3. The lowest BCUT2D eigenvalue weighted by Crippen LogP contribution is -2.24. The molecule has 3 aromatic rings. The molecule has 7 nitrogen and oxygen atoms in total. The molecule has 2 aromatic heterocycles. The average molecular weight is 326 g/mol. The Bertz CT molecular complexity index is 759. The predicted octanol–water partition coefficient (Wildman–Crippen LogP) is 2.72. The third-order valence-corrected chi connectivity index (χ3v) is 4.32. The van der Waals surface area contributed by atoms with Gasteiger partial charge in [0.2, 0.25) is 0 Å². The lowest BCUT2D eigenvalue weighted by atomic mass is 9.98. The summed E-state index contributed by atoms with van der Waals surface area (Å²) in [7, 11) is 0. The van der Waals surface area contributed by atoms with E-state index < -0.39 is 0 Å². The molecule has 0 saturated heterocycles. The molecular formula is C17H22N6O. The lowest BCUT2D eigenvalue weighted by molar-refractivity contribution is 0.391. The summed E-state index contributed by atoms with van der Waals surface area (Å²) in [5.41, 5.74) is 4.34. The van der Waals surface area contributed by atoms with Crippen molar-refractivity contribution in [2.45, 2.75) is 39.7 Å². The molecule has 0 aliphatic rings. The Hall–Kier alpha value is -2.54. The quantitative estimate of drug-likeness (QED) is 0.750. The first-order chi connectivity index (χ1) is 11.6. The predicted molar refractivity (Wildman–Crippen MR) is 90.0 cm³/mol. The Morgan fingerprint density at radius 1 is 1.17 bits per heavy atom. The maximum atomic E-state index is 5.26. The van der Waals surface area contributed by atoms with Gasteiger partial charge in [0.1, 0.15) is 12.1 Å². The average Bonchev–Trinajstić information content (AvgIpc) is 3.23. The van der Waals surface area contributed by atoms with E-state index in [0.717, 1.165) is 23.7 Å². The van der Waals surface area contributed by atoms with Gasteiger partial charge in [-0.3, -0.25) is 0 Å². The van der Waals surface area contributed by atoms with Gasteiger partial charge in [-0.1, -0.05) is 24.2 Å². The van der Waals surface area contributed by atoms with Crippen LogP contribution in [0.5, 0.6) is 0 Å². The lowest BCUT2D eigenvalue weighted by Gasteiger charge is -2.18. The topological polar surface area (TPSA) is 81.7 Å². The van der Waals surface area contributed by atoms with Gasteiger partial charge in [0, 0.05) is 18.2 Å². The zero-order valence-corrected chi connectivity index (χ0v) is 14.4. The van der Waals surface area contributed by atoms with Crippen molar-refractivity contribution in [1.82, 2.24) is 30.7 Å². The van der Waals surface area contributed by atoms with Crippen LogP contribution in [0.1, 0.15) is 48.4 Å². The molecule has 0 aliphatic carbocycles. The zero-order valence-electron chi connectivity index (χ0n) is 14.4. The molecule has 1 N–H and O–H groups in total. The number of rotatable bonds is 6. The zero-order chi connectivity index (χ0) is 17.1. The molecule has 0 unspecified atom stereocenters. The van der Waals surface area contributed by atoms with Crippen molar-refractivity contribution in [3.05, 3.63) is 53.2 Å². The molecule has 0 bridgehead atoms. The van der Waals surface area contributed by atoms with E-state index in [1.165, 1.54) is 11.1 Å². The van der Waals surface area contributed by atoms with Crippen LogP contribution in [0.3, 0.4) is 0 Å². The first-order valence-corrected chi connectivity index (χ1v) is 8.05. The number of hydrogen-bond acceptors (Lipinski definition) is 6. The molecule has 2 heterocycles. The normalized spacial score (nSPS) is 13.8. The summed E-state index contributed by atoms with van der Waals surface area (Å²) >= 11 is 0. The largest absolute Gasteiger partial charge is 0.361 e. The molecule has 0 fully saturated rings. The van der Waals surface area contributed by atoms with Gasteiger partial charge in [0.15, 0.2) is 0 Å². The molecular weight excluding hydrogens is 304 g/mol. The van der Waals surface area contributed by atoms with Crippen molar-refractivity contribution in [2.24, 2.45) is 0 Å². The maximum Gasteiger partial charge on any atom is 0.143 e. The smallest absolute Gasteiger partial charge is 0.143 e. The molecule has 3 rings (SSSR count). The highest BCUT2D eigenvalue weighted by molar-refractivity contribution is 5.34. The third kappa shape index (κ3) is 3.35. The summed E-state index contributed by atoms with van der Waals surface area (Å²) in [5, 5.41) is 18.8. The van der Waals surface area contributed by atoms with Gasteiger partial charge >= 0.3 is 0 Å². The molecule has 0 amide bonds. The summed E-state index contributed by atoms with van der Waals surface area (Å²) in [6.07, 6.45) is 1.59. The van der Waals surface area contributed by atoms with Crippen LogP contribution in [-0.2, 0) is 0 Å². The Balaban J connectivity index is 1.62. The van der Waals surface area contributed by atoms with E-state index in [-0.39, 0.29) is 6.04 Å². The van der Waals surface area contributed by atoms with Gasteiger partial charge in [-0.05, 0) is 54.8 Å². The number of aryl methyl sites for hydroxylation is 2. The van der Waals surface area contributed by atoms with Crippen molar-refractivity contribution < 1.29 is 4.52 Å². The monoisotopic (exact) mass is 326 g/mol. The van der Waals surface area contributed by atoms with Crippen LogP contribution in [0, 0.1) is 13.8 Å². The molecule has 0 radical (unpaired) electrons. The Morgan fingerprint density at radius 3 is 2.50 bits per heavy atom. The second-order valence-electron chi connectivity index (χ2n) is 6.11. The molecule has 2 atom stereocenters. The van der Waals surface area contributed by atoms with E-state index >= 15 is 0 Å². The van der Waals surface area contributed by atoms with E-state index in [0.29, 0.717) is 5.92 Å². The Morgan fingerprint density at radius 2 is 1.92 bits per heavy atom. The molecule has 0 saturated carbocycles. The fourth-order valence-electron chi connectivity index (χ4n) is 2.96. The van der Waals surface area contributed by atoms with Crippen LogP contribution in [0.15, 0.2) is 35.1 Å². The van der Waals surface area contributed by atoms with E-state index in [4.69, 9.17) is 4.52 Å². The molecule has 126 valence electrons. The fourth-order valence-corrected chi connectivity index (χ4v) is 2.96. The molecule has 24 heavy (non-hydrogen) atoms. The highest BCUT2D eigenvalue weighted by Gasteiger charge is 2.17. The van der Waals surface area contributed by atoms with Crippen LogP contribution >= 0.6 is 0 Å². The molecule has 7 heteroatoms. The summed E-state index contributed by atoms with van der Waals surface area (Å²) in [4.78, 5) is 0. The van der Waals surface area contributed by atoms with E-state index in [1.807, 2.05) is 26.0 Å². The molecule has 0 aliphatic heterocycles. The van der Waals surface area contributed by atoms with Crippen molar-refractivity contribution in [1.29, 1.82) is 0 Å². The van der Waals surface area contributed by atoms with Crippen LogP contribution in [0.2, 0.25) is 0 Å². The number of nitrogens with one attached hydrogen (secondary N) is 1. The highest BCUT2D eigenvalue weighted by atomic mass is 16.5. The van der Waals surface area contributed by atoms with Gasteiger partial charge in [0.25, 0.3) is 0 Å². The van der Waals surface area contributed by atoms with Crippen molar-refractivity contribution in [3.63, 3.8) is 0 Å². The van der Waals surface area contributed by atoms with Crippen LogP contribution in [0.4, 0.5) is 0 Å². The van der Waals surface area contributed by atoms with Gasteiger partial charge < -0.3 is 9.84 Å². The highest BCUT2D eigenvalue weighted by Crippen LogP contribution is 2.23. The summed E-state index contributed by atoms with van der Waals surface area (Å²) in [5.74, 6) is 1.25. The summed E-state index contributed by atoms with van der Waals surface area (Å²) in [6, 6.07) is 8.46. The number of nitrogens with zero attached hydrogens (tertiary/aromatic N) is 5. The summed E-state index contributed by atoms with van der Waals surface area (Å²) < 4.78 is 6.90. The third-order valence-electron chi connectivity index (χ3n) is 4.32. The number of tetrazole rings is 1. The van der Waals surface area contributed by atoms with Crippen molar-refractivity contribution in [2.75, 3.05) is 6.54 Å². The molecule has 1 aromatic carbocycles. The number of benzene rings is 1. The van der Waals surface area contributed by atoms with Crippen molar-refractivity contribution >= 4 is 0 Å². The van der Waals surface area contributed by atoms with Gasteiger partial charge in [0.05, 0.1) is 11.4 Å².